The molecule has 0 aliphatic heterocycles. The van der Waals surface area contributed by atoms with E-state index in [2.05, 4.69) is 38.2 Å². The second-order valence-electron chi connectivity index (χ2n) is 21.7. The molecule has 0 spiro atoms. The van der Waals surface area contributed by atoms with Gasteiger partial charge in [-0.05, 0) is 44.9 Å². The zero-order valence-corrected chi connectivity index (χ0v) is 47.9. The second kappa shape index (κ2) is 52.4. The van der Waals surface area contributed by atoms with E-state index in [0.29, 0.717) is 23.9 Å². The SMILES string of the molecule is CCCCCCC/C=C\C/C=C\CCCCCCCCCCCCCCCCCCCCCC(=O)OC(COC(=O)CCCCCCCCCCCCCCCCC)COP(=O)(O)OCC[N+](C)(C)C. The number of esters is 2. The Labute approximate surface area is 434 Å². The van der Waals surface area contributed by atoms with E-state index in [4.69, 9.17) is 18.5 Å². The number of unbranched alkanes of at least 4 members (excludes halogenated alkanes) is 38. The quantitative estimate of drug-likeness (QED) is 0.0211. The summed E-state index contributed by atoms with van der Waals surface area (Å²) in [7, 11) is 1.49. The van der Waals surface area contributed by atoms with Crippen LogP contribution >= 0.6 is 7.82 Å². The number of rotatable bonds is 56. The van der Waals surface area contributed by atoms with Crippen LogP contribution in [0.15, 0.2) is 24.3 Å². The van der Waals surface area contributed by atoms with Crippen LogP contribution in [0.5, 0.6) is 0 Å². The van der Waals surface area contributed by atoms with Gasteiger partial charge in [-0.3, -0.25) is 18.6 Å². The number of ether oxygens (including phenoxy) is 2. The standard InChI is InChI=1S/C60H116NO8P/c1-6-8-10-12-14-16-18-20-22-23-24-25-26-27-28-29-30-31-32-33-34-35-36-37-39-41-43-45-47-49-51-53-60(63)69-58(57-68-70(64,65)67-55-54-61(3,4)5)56-66-59(62)52-50-48-46-44-42-40-38-21-19-17-15-13-11-9-7-2/h18,20,23-24,58H,6-17,19,21-22,25-57H2,1-5H3/p+1/b20-18-,24-23-. The van der Waals surface area contributed by atoms with E-state index >= 15 is 0 Å². The van der Waals surface area contributed by atoms with Crippen LogP contribution in [0.4, 0.5) is 0 Å². The highest BCUT2D eigenvalue weighted by molar-refractivity contribution is 7.47. The molecule has 0 aromatic heterocycles. The molecular formula is C60H117NO8P+. The minimum absolute atomic E-state index is 0.0354. The summed E-state index contributed by atoms with van der Waals surface area (Å²) in [6, 6.07) is 0. The molecule has 0 rings (SSSR count). The van der Waals surface area contributed by atoms with Crippen molar-refractivity contribution in [3.8, 4) is 0 Å². The van der Waals surface area contributed by atoms with E-state index in [1.54, 1.807) is 0 Å². The number of carbonyl (C=O) groups is 2. The van der Waals surface area contributed by atoms with Crippen molar-refractivity contribution in [3.05, 3.63) is 24.3 Å². The van der Waals surface area contributed by atoms with Gasteiger partial charge in [-0.25, -0.2) is 4.57 Å². The molecule has 414 valence electrons. The van der Waals surface area contributed by atoms with Crippen molar-refractivity contribution in [2.75, 3.05) is 47.5 Å². The van der Waals surface area contributed by atoms with Crippen LogP contribution in [0.25, 0.3) is 0 Å². The second-order valence-corrected chi connectivity index (χ2v) is 23.2. The number of phosphoric acid groups is 1. The lowest BCUT2D eigenvalue weighted by Crippen LogP contribution is -2.37. The Morgan fingerprint density at radius 2 is 0.771 bits per heavy atom. The molecule has 0 saturated carbocycles. The summed E-state index contributed by atoms with van der Waals surface area (Å²) < 4.78 is 34.6. The van der Waals surface area contributed by atoms with Gasteiger partial charge < -0.3 is 18.9 Å². The summed E-state index contributed by atoms with van der Waals surface area (Å²) >= 11 is 0. The predicted molar refractivity (Wildman–Crippen MR) is 298 cm³/mol. The predicted octanol–water partition coefficient (Wildman–Crippen LogP) is 18.6. The van der Waals surface area contributed by atoms with Gasteiger partial charge >= 0.3 is 19.8 Å². The maximum Gasteiger partial charge on any atom is 0.472 e. The highest BCUT2D eigenvalue weighted by Crippen LogP contribution is 2.43. The van der Waals surface area contributed by atoms with Crippen molar-refractivity contribution < 1.29 is 42.1 Å². The Morgan fingerprint density at radius 1 is 0.443 bits per heavy atom. The summed E-state index contributed by atoms with van der Waals surface area (Å²) in [4.78, 5) is 35.6. The maximum absolute atomic E-state index is 12.8. The molecule has 9 nitrogen and oxygen atoms in total. The lowest BCUT2D eigenvalue weighted by atomic mass is 10.0. The molecule has 0 saturated heterocycles. The van der Waals surface area contributed by atoms with Gasteiger partial charge in [0.05, 0.1) is 27.7 Å². The van der Waals surface area contributed by atoms with Crippen molar-refractivity contribution in [1.82, 2.24) is 0 Å². The normalized spacial score (nSPS) is 13.4. The van der Waals surface area contributed by atoms with E-state index in [-0.39, 0.29) is 25.6 Å². The van der Waals surface area contributed by atoms with Crippen molar-refractivity contribution >= 4 is 19.8 Å². The number of phosphoric ester groups is 1. The van der Waals surface area contributed by atoms with Crippen LogP contribution in [0.2, 0.25) is 0 Å². The van der Waals surface area contributed by atoms with Crippen LogP contribution < -0.4 is 0 Å². The van der Waals surface area contributed by atoms with Crippen molar-refractivity contribution in [2.24, 2.45) is 0 Å². The number of allylic oxidation sites excluding steroid dienone is 4. The Bertz CT molecular complexity index is 1240. The molecule has 0 aromatic rings. The maximum atomic E-state index is 12.8. The zero-order chi connectivity index (χ0) is 51.3. The third-order valence-electron chi connectivity index (χ3n) is 13.5. The van der Waals surface area contributed by atoms with Crippen molar-refractivity contribution in [3.63, 3.8) is 0 Å². The molecule has 0 amide bonds. The fourth-order valence-corrected chi connectivity index (χ4v) is 9.56. The fraction of sp³-hybridized carbons (Fsp3) is 0.900. The topological polar surface area (TPSA) is 108 Å². The molecule has 0 aromatic carbocycles. The molecule has 0 radical (unpaired) electrons. The average Bonchev–Trinajstić information content (AvgIpc) is 3.32. The van der Waals surface area contributed by atoms with Gasteiger partial charge in [0, 0.05) is 12.8 Å². The highest BCUT2D eigenvalue weighted by Gasteiger charge is 2.27. The molecule has 1 N–H and O–H groups in total. The van der Waals surface area contributed by atoms with Crippen molar-refractivity contribution in [2.45, 2.75) is 302 Å². The number of carbonyl (C=O) groups excluding carboxylic acids is 2. The summed E-state index contributed by atoms with van der Waals surface area (Å²) in [5.74, 6) is -0.779. The van der Waals surface area contributed by atoms with E-state index in [1.807, 2.05) is 21.1 Å². The van der Waals surface area contributed by atoms with Gasteiger partial charge in [0.2, 0.25) is 0 Å². The molecular weight excluding hydrogens is 894 g/mol. The Hall–Kier alpha value is -1.51. The van der Waals surface area contributed by atoms with E-state index in [0.717, 1.165) is 38.5 Å². The Balaban J connectivity index is 4.02. The van der Waals surface area contributed by atoms with Crippen LogP contribution in [0.1, 0.15) is 296 Å². The van der Waals surface area contributed by atoms with Gasteiger partial charge in [-0.2, -0.15) is 0 Å². The van der Waals surface area contributed by atoms with Crippen molar-refractivity contribution in [1.29, 1.82) is 0 Å². The molecule has 2 unspecified atom stereocenters. The first kappa shape index (κ1) is 68.5. The monoisotopic (exact) mass is 1010 g/mol. The van der Waals surface area contributed by atoms with Gasteiger partial charge in [-0.1, -0.05) is 263 Å². The molecule has 0 aliphatic rings. The summed E-state index contributed by atoms with van der Waals surface area (Å²) in [6.45, 7) is 4.47. The van der Waals surface area contributed by atoms with E-state index in [1.165, 1.54) is 225 Å². The minimum Gasteiger partial charge on any atom is -0.462 e. The number of hydrogen-bond acceptors (Lipinski definition) is 7. The van der Waals surface area contributed by atoms with E-state index < -0.39 is 26.5 Å². The van der Waals surface area contributed by atoms with Crippen LogP contribution in [-0.2, 0) is 32.7 Å². The van der Waals surface area contributed by atoms with Crippen LogP contribution in [-0.4, -0.2) is 74.9 Å². The first-order valence-electron chi connectivity index (χ1n) is 30.1. The lowest BCUT2D eigenvalue weighted by Gasteiger charge is -2.24. The van der Waals surface area contributed by atoms with E-state index in [9.17, 15) is 19.0 Å². The lowest BCUT2D eigenvalue weighted by molar-refractivity contribution is -0.870. The fourth-order valence-electron chi connectivity index (χ4n) is 8.81. The first-order chi connectivity index (χ1) is 34.0. The van der Waals surface area contributed by atoms with Gasteiger partial charge in [-0.15, -0.1) is 0 Å². The minimum atomic E-state index is -4.38. The van der Waals surface area contributed by atoms with Gasteiger partial charge in [0.25, 0.3) is 0 Å². The number of nitrogens with zero attached hydrogens (tertiary/aromatic N) is 1. The summed E-state index contributed by atoms with van der Waals surface area (Å²) in [5, 5.41) is 0. The van der Waals surface area contributed by atoms with Crippen LogP contribution in [0.3, 0.4) is 0 Å². The van der Waals surface area contributed by atoms with Gasteiger partial charge in [0.15, 0.2) is 6.10 Å². The third kappa shape index (κ3) is 55.8. The zero-order valence-electron chi connectivity index (χ0n) is 47.0. The number of likely N-dealkylation sites (N-methyl/N-ethyl adjacent to an activating group) is 1. The van der Waals surface area contributed by atoms with Crippen LogP contribution in [0, 0.1) is 0 Å². The number of quaternary nitrogens is 1. The highest BCUT2D eigenvalue weighted by atomic mass is 31.2. The third-order valence-corrected chi connectivity index (χ3v) is 14.5. The summed E-state index contributed by atoms with van der Waals surface area (Å²) in [5.41, 5.74) is 0. The molecule has 0 fully saturated rings. The molecule has 70 heavy (non-hydrogen) atoms. The van der Waals surface area contributed by atoms with Gasteiger partial charge in [0.1, 0.15) is 19.8 Å². The largest absolute Gasteiger partial charge is 0.472 e. The molecule has 2 atom stereocenters. The molecule has 10 heteroatoms. The Morgan fingerprint density at radius 3 is 1.13 bits per heavy atom. The average molecular weight is 1010 g/mol. The smallest absolute Gasteiger partial charge is 0.462 e. The first-order valence-corrected chi connectivity index (χ1v) is 31.6. The number of hydrogen-bond donors (Lipinski definition) is 1. The summed E-state index contributed by atoms with van der Waals surface area (Å²) in [6.07, 6.45) is 62.6. The molecule has 0 heterocycles. The molecule has 0 aliphatic carbocycles. The Kier molecular flexibility index (Phi) is 51.2. The molecule has 0 bridgehead atoms.